The Hall–Kier alpha value is -2.62. The van der Waals surface area contributed by atoms with Crippen molar-refractivity contribution in [2.45, 2.75) is 26.2 Å². The molecular weight excluding hydrogens is 296 g/mol. The zero-order valence-corrected chi connectivity index (χ0v) is 14.7. The molecule has 1 aromatic carbocycles. The van der Waals surface area contributed by atoms with Crippen molar-refractivity contribution >= 4 is 5.82 Å². The van der Waals surface area contributed by atoms with Crippen molar-refractivity contribution in [2.75, 3.05) is 19.0 Å². The number of H-pyrrole nitrogens is 1. The number of hydrogen-bond donors (Lipinski definition) is 1. The topological polar surface area (TPSA) is 44.8 Å². The van der Waals surface area contributed by atoms with Gasteiger partial charge < -0.3 is 9.88 Å². The third-order valence-electron chi connectivity index (χ3n) is 4.62. The van der Waals surface area contributed by atoms with Gasteiger partial charge in [0.15, 0.2) is 0 Å². The van der Waals surface area contributed by atoms with Crippen molar-refractivity contribution in [1.29, 1.82) is 0 Å². The first-order chi connectivity index (χ1) is 11.6. The maximum absolute atomic E-state index is 4.55. The first-order valence-corrected chi connectivity index (χ1v) is 8.23. The van der Waals surface area contributed by atoms with Crippen LogP contribution in [0.1, 0.15) is 33.9 Å². The maximum Gasteiger partial charge on any atom is 0.127 e. The minimum Gasteiger partial charge on any atom is -0.363 e. The van der Waals surface area contributed by atoms with Crippen molar-refractivity contribution < 1.29 is 0 Å². The van der Waals surface area contributed by atoms with Crippen LogP contribution in [0.15, 0.2) is 49.1 Å². The number of aryl methyl sites for hydroxylation is 1. The van der Waals surface area contributed by atoms with Gasteiger partial charge in [-0.2, -0.15) is 0 Å². The van der Waals surface area contributed by atoms with Gasteiger partial charge in [0.05, 0.1) is 6.33 Å². The summed E-state index contributed by atoms with van der Waals surface area (Å²) in [5, 5.41) is 0. The fraction of sp³-hybridized carbons (Fsp3) is 0.300. The molecule has 0 spiro atoms. The summed E-state index contributed by atoms with van der Waals surface area (Å²) in [6.45, 7) is 4.36. The van der Waals surface area contributed by atoms with Crippen molar-refractivity contribution in [3.63, 3.8) is 0 Å². The number of anilines is 1. The molecule has 0 aliphatic carbocycles. The number of nitrogens with zero attached hydrogens (tertiary/aromatic N) is 3. The molecule has 4 heteroatoms. The summed E-state index contributed by atoms with van der Waals surface area (Å²) in [6.07, 6.45) is 6.55. The molecule has 0 saturated carbocycles. The number of aromatic amines is 1. The van der Waals surface area contributed by atoms with Crippen molar-refractivity contribution in [3.8, 4) is 0 Å². The molecule has 2 heterocycles. The molecule has 2 aromatic heterocycles. The molecule has 0 radical (unpaired) electrons. The predicted octanol–water partition coefficient (Wildman–Crippen LogP) is 3.86. The number of benzene rings is 1. The summed E-state index contributed by atoms with van der Waals surface area (Å²) < 4.78 is 0. The summed E-state index contributed by atoms with van der Waals surface area (Å²) >= 11 is 0. The first kappa shape index (κ1) is 16.2. The van der Waals surface area contributed by atoms with E-state index in [4.69, 9.17) is 0 Å². The Morgan fingerprint density at radius 3 is 2.54 bits per heavy atom. The number of rotatable bonds is 5. The number of hydrogen-bond acceptors (Lipinski definition) is 3. The number of pyridine rings is 1. The molecule has 3 rings (SSSR count). The van der Waals surface area contributed by atoms with Crippen LogP contribution in [0.2, 0.25) is 0 Å². The molecule has 4 nitrogen and oxygen atoms in total. The van der Waals surface area contributed by atoms with Gasteiger partial charge in [-0.25, -0.2) is 9.97 Å². The van der Waals surface area contributed by atoms with E-state index in [-0.39, 0.29) is 5.92 Å². The second-order valence-electron chi connectivity index (χ2n) is 6.47. The van der Waals surface area contributed by atoms with Crippen molar-refractivity contribution in [3.05, 3.63) is 77.0 Å². The molecule has 0 fully saturated rings. The monoisotopic (exact) mass is 320 g/mol. The molecule has 1 unspecified atom stereocenters. The average molecular weight is 320 g/mol. The van der Waals surface area contributed by atoms with Gasteiger partial charge in [0.25, 0.3) is 0 Å². The highest BCUT2D eigenvalue weighted by atomic mass is 15.1. The van der Waals surface area contributed by atoms with Gasteiger partial charge in [0.2, 0.25) is 0 Å². The van der Waals surface area contributed by atoms with E-state index < -0.39 is 0 Å². The molecular formula is C20H24N4. The van der Waals surface area contributed by atoms with Gasteiger partial charge in [-0.3, -0.25) is 0 Å². The summed E-state index contributed by atoms with van der Waals surface area (Å²) in [5.41, 5.74) is 6.37. The van der Waals surface area contributed by atoms with E-state index in [0.29, 0.717) is 0 Å². The van der Waals surface area contributed by atoms with Crippen LogP contribution in [-0.2, 0) is 6.42 Å². The molecule has 0 bridgehead atoms. The molecule has 1 N–H and O–H groups in total. The van der Waals surface area contributed by atoms with Gasteiger partial charge in [-0.05, 0) is 48.6 Å². The van der Waals surface area contributed by atoms with Gasteiger partial charge in [-0.1, -0.05) is 24.3 Å². The van der Waals surface area contributed by atoms with Gasteiger partial charge in [0.1, 0.15) is 5.82 Å². The van der Waals surface area contributed by atoms with E-state index in [2.05, 4.69) is 59.1 Å². The highest BCUT2D eigenvalue weighted by Gasteiger charge is 2.19. The number of aromatic nitrogens is 3. The first-order valence-electron chi connectivity index (χ1n) is 8.23. The van der Waals surface area contributed by atoms with Gasteiger partial charge >= 0.3 is 0 Å². The SMILES string of the molecule is Cc1cccc(C(Cc2ccc(N(C)C)nc2)c2cnc[nH]2)c1C. The largest absolute Gasteiger partial charge is 0.363 e. The Bertz CT molecular complexity index is 789. The van der Waals surface area contributed by atoms with E-state index in [9.17, 15) is 0 Å². The van der Waals surface area contributed by atoms with Crippen molar-refractivity contribution in [1.82, 2.24) is 15.0 Å². The molecule has 124 valence electrons. The van der Waals surface area contributed by atoms with Crippen LogP contribution in [0, 0.1) is 13.8 Å². The zero-order valence-electron chi connectivity index (χ0n) is 14.7. The third kappa shape index (κ3) is 3.32. The van der Waals surface area contributed by atoms with Crippen LogP contribution in [0.5, 0.6) is 0 Å². The smallest absolute Gasteiger partial charge is 0.127 e. The minimum atomic E-state index is 0.249. The lowest BCUT2D eigenvalue weighted by atomic mass is 9.86. The molecule has 1 atom stereocenters. The van der Waals surface area contributed by atoms with Crippen LogP contribution in [0.4, 0.5) is 5.82 Å². The van der Waals surface area contributed by atoms with E-state index >= 15 is 0 Å². The lowest BCUT2D eigenvalue weighted by Crippen LogP contribution is -2.11. The Kier molecular flexibility index (Phi) is 4.65. The van der Waals surface area contributed by atoms with Crippen LogP contribution in [-0.4, -0.2) is 29.0 Å². The van der Waals surface area contributed by atoms with Crippen LogP contribution < -0.4 is 4.90 Å². The summed E-state index contributed by atoms with van der Waals surface area (Å²) in [7, 11) is 4.01. The molecule has 0 aliphatic heterocycles. The summed E-state index contributed by atoms with van der Waals surface area (Å²) in [4.78, 5) is 14.1. The lowest BCUT2D eigenvalue weighted by Gasteiger charge is -2.20. The van der Waals surface area contributed by atoms with Gasteiger partial charge in [-0.15, -0.1) is 0 Å². The van der Waals surface area contributed by atoms with E-state index in [1.165, 1.54) is 22.3 Å². The van der Waals surface area contributed by atoms with Crippen LogP contribution in [0.3, 0.4) is 0 Å². The predicted molar refractivity (Wildman–Crippen MR) is 98.6 cm³/mol. The fourth-order valence-corrected chi connectivity index (χ4v) is 3.03. The summed E-state index contributed by atoms with van der Waals surface area (Å²) in [6, 6.07) is 10.7. The molecule has 3 aromatic rings. The van der Waals surface area contributed by atoms with E-state index in [1.54, 1.807) is 6.33 Å². The normalized spacial score (nSPS) is 12.2. The maximum atomic E-state index is 4.55. The number of imidazole rings is 1. The van der Waals surface area contributed by atoms with Crippen LogP contribution >= 0.6 is 0 Å². The van der Waals surface area contributed by atoms with Crippen LogP contribution in [0.25, 0.3) is 0 Å². The fourth-order valence-electron chi connectivity index (χ4n) is 3.03. The highest BCUT2D eigenvalue weighted by molar-refractivity contribution is 5.42. The van der Waals surface area contributed by atoms with Gasteiger partial charge in [0, 0.05) is 38.1 Å². The Labute approximate surface area is 143 Å². The lowest BCUT2D eigenvalue weighted by molar-refractivity contribution is 0.769. The highest BCUT2D eigenvalue weighted by Crippen LogP contribution is 2.30. The second kappa shape index (κ2) is 6.87. The quantitative estimate of drug-likeness (QED) is 0.776. The second-order valence-corrected chi connectivity index (χ2v) is 6.47. The van der Waals surface area contributed by atoms with E-state index in [1.807, 2.05) is 31.4 Å². The zero-order chi connectivity index (χ0) is 17.1. The molecule has 0 aliphatic rings. The number of nitrogens with one attached hydrogen (secondary N) is 1. The standard InChI is InChI=1S/C20H24N4/c1-14-6-5-7-17(15(14)2)18(19-12-21-13-23-19)10-16-8-9-20(22-11-16)24(3)4/h5-9,11-13,18H,10H2,1-4H3,(H,21,23). The molecule has 0 saturated heterocycles. The molecule has 0 amide bonds. The van der Waals surface area contributed by atoms with E-state index in [0.717, 1.165) is 17.9 Å². The average Bonchev–Trinajstić information content (AvgIpc) is 3.10. The Morgan fingerprint density at radius 1 is 1.08 bits per heavy atom. The Balaban J connectivity index is 1.96. The van der Waals surface area contributed by atoms with Crippen molar-refractivity contribution in [2.24, 2.45) is 0 Å². The summed E-state index contributed by atoms with van der Waals surface area (Å²) in [5.74, 6) is 1.22. The Morgan fingerprint density at radius 2 is 1.92 bits per heavy atom. The molecule has 24 heavy (non-hydrogen) atoms. The minimum absolute atomic E-state index is 0.249. The third-order valence-corrected chi connectivity index (χ3v) is 4.62.